The fraction of sp³-hybridized carbons (Fsp3) is 0.304. The summed E-state index contributed by atoms with van der Waals surface area (Å²) in [7, 11) is 0. The number of anilines is 2. The zero-order valence-electron chi connectivity index (χ0n) is 19.0. The van der Waals surface area contributed by atoms with Crippen LogP contribution in [0.1, 0.15) is 28.2 Å². The number of alkyl halides is 3. The summed E-state index contributed by atoms with van der Waals surface area (Å²) in [6.45, 7) is 0.526. The number of aromatic nitrogens is 2. The van der Waals surface area contributed by atoms with Crippen LogP contribution in [0.15, 0.2) is 36.5 Å². The molecule has 4 rings (SSSR count). The van der Waals surface area contributed by atoms with E-state index in [1.807, 2.05) is 0 Å². The number of nitrogens with one attached hydrogen (secondary N) is 1. The van der Waals surface area contributed by atoms with Crippen molar-refractivity contribution >= 4 is 46.5 Å². The quantitative estimate of drug-likeness (QED) is 0.354. The van der Waals surface area contributed by atoms with Crippen LogP contribution in [0.3, 0.4) is 0 Å². The van der Waals surface area contributed by atoms with E-state index in [1.54, 1.807) is 29.2 Å². The summed E-state index contributed by atoms with van der Waals surface area (Å²) in [5.74, 6) is -3.03. The third kappa shape index (κ3) is 5.95. The number of hydrogen-bond acceptors (Lipinski definition) is 8. The summed E-state index contributed by atoms with van der Waals surface area (Å²) in [5, 5.41) is 21.6. The SMILES string of the molecule is O=C(O)COc1c(C(=O)O)sc(-c2cccc(N(c3nccc(C(F)(F)F)n3)C3CCNCC3)c2)c1Cl. The predicted octanol–water partition coefficient (Wildman–Crippen LogP) is 4.93. The molecule has 0 atom stereocenters. The van der Waals surface area contributed by atoms with Gasteiger partial charge in [-0.2, -0.15) is 13.2 Å². The van der Waals surface area contributed by atoms with E-state index in [0.717, 1.165) is 23.6 Å². The summed E-state index contributed by atoms with van der Waals surface area (Å²) in [5.41, 5.74) is -0.121. The first-order valence-corrected chi connectivity index (χ1v) is 12.2. The number of piperidine rings is 1. The van der Waals surface area contributed by atoms with Crippen LogP contribution >= 0.6 is 22.9 Å². The number of benzene rings is 1. The summed E-state index contributed by atoms with van der Waals surface area (Å²) < 4.78 is 45.3. The highest BCUT2D eigenvalue weighted by Gasteiger charge is 2.34. The monoisotopic (exact) mass is 556 g/mol. The van der Waals surface area contributed by atoms with Crippen molar-refractivity contribution in [2.75, 3.05) is 24.6 Å². The molecule has 1 fully saturated rings. The van der Waals surface area contributed by atoms with Crippen molar-refractivity contribution in [3.8, 4) is 16.2 Å². The average Bonchev–Trinajstić information content (AvgIpc) is 3.20. The number of carboxylic acids is 2. The Morgan fingerprint density at radius 3 is 2.59 bits per heavy atom. The van der Waals surface area contributed by atoms with Crippen LogP contribution in [0.5, 0.6) is 5.75 Å². The lowest BCUT2D eigenvalue weighted by atomic mass is 10.0. The van der Waals surface area contributed by atoms with Crippen molar-refractivity contribution in [2.45, 2.75) is 25.1 Å². The lowest BCUT2D eigenvalue weighted by Crippen LogP contribution is -2.41. The normalized spacial score (nSPS) is 14.4. The van der Waals surface area contributed by atoms with E-state index in [-0.39, 0.29) is 27.6 Å². The molecule has 0 unspecified atom stereocenters. The Kier molecular flexibility index (Phi) is 7.85. The zero-order valence-corrected chi connectivity index (χ0v) is 20.5. The molecule has 0 amide bonds. The van der Waals surface area contributed by atoms with Crippen molar-refractivity contribution < 1.29 is 37.7 Å². The molecule has 0 spiro atoms. The number of ether oxygens (including phenoxy) is 1. The van der Waals surface area contributed by atoms with Gasteiger partial charge in [0.25, 0.3) is 0 Å². The van der Waals surface area contributed by atoms with E-state index in [4.69, 9.17) is 21.4 Å². The van der Waals surface area contributed by atoms with Gasteiger partial charge in [-0.1, -0.05) is 23.7 Å². The van der Waals surface area contributed by atoms with Crippen LogP contribution in [0.2, 0.25) is 5.02 Å². The molecular formula is C23H20ClF3N4O5S. The molecule has 3 heterocycles. The number of nitrogens with zero attached hydrogens (tertiary/aromatic N) is 3. The number of aromatic carboxylic acids is 1. The van der Waals surface area contributed by atoms with E-state index in [1.165, 1.54) is 0 Å². The van der Waals surface area contributed by atoms with Crippen molar-refractivity contribution in [1.29, 1.82) is 0 Å². The third-order valence-corrected chi connectivity index (χ3v) is 7.23. The third-order valence-electron chi connectivity index (χ3n) is 5.55. The van der Waals surface area contributed by atoms with Crippen LogP contribution < -0.4 is 15.0 Å². The van der Waals surface area contributed by atoms with Crippen molar-refractivity contribution in [1.82, 2.24) is 15.3 Å². The van der Waals surface area contributed by atoms with E-state index in [2.05, 4.69) is 15.3 Å². The summed E-state index contributed by atoms with van der Waals surface area (Å²) in [6, 6.07) is 7.25. The lowest BCUT2D eigenvalue weighted by molar-refractivity contribution is -0.141. The Morgan fingerprint density at radius 2 is 1.95 bits per heavy atom. The number of thiophene rings is 1. The molecule has 3 N–H and O–H groups in total. The Balaban J connectivity index is 1.80. The number of hydrogen-bond donors (Lipinski definition) is 3. The Hall–Kier alpha value is -3.42. The zero-order chi connectivity index (χ0) is 26.7. The molecule has 1 aliphatic heterocycles. The maximum atomic E-state index is 13.4. The molecule has 1 aromatic carbocycles. The molecule has 3 aromatic rings. The summed E-state index contributed by atoms with van der Waals surface area (Å²) in [6.07, 6.45) is -2.34. The number of carbonyl (C=O) groups is 2. The van der Waals surface area contributed by atoms with Gasteiger partial charge < -0.3 is 25.2 Å². The van der Waals surface area contributed by atoms with Crippen molar-refractivity contribution in [3.05, 3.63) is 52.1 Å². The fourth-order valence-corrected chi connectivity index (χ4v) is 5.36. The Labute approximate surface area is 217 Å². The largest absolute Gasteiger partial charge is 0.479 e. The minimum Gasteiger partial charge on any atom is -0.479 e. The van der Waals surface area contributed by atoms with Gasteiger partial charge >= 0.3 is 18.1 Å². The number of aliphatic carboxylic acids is 1. The van der Waals surface area contributed by atoms with Gasteiger partial charge in [-0.3, -0.25) is 0 Å². The molecule has 0 saturated carbocycles. The van der Waals surface area contributed by atoms with E-state index < -0.39 is 30.4 Å². The maximum Gasteiger partial charge on any atom is 0.433 e. The number of rotatable bonds is 8. The van der Waals surface area contributed by atoms with E-state index in [0.29, 0.717) is 42.1 Å². The molecule has 9 nitrogen and oxygen atoms in total. The van der Waals surface area contributed by atoms with E-state index >= 15 is 0 Å². The van der Waals surface area contributed by atoms with Crippen LogP contribution in [0.4, 0.5) is 24.8 Å². The Bertz CT molecular complexity index is 1310. The average molecular weight is 557 g/mol. The first kappa shape index (κ1) is 26.6. The van der Waals surface area contributed by atoms with Crippen LogP contribution in [-0.2, 0) is 11.0 Å². The number of halogens is 4. The molecule has 1 aliphatic rings. The van der Waals surface area contributed by atoms with Gasteiger partial charge in [0, 0.05) is 17.9 Å². The molecular weight excluding hydrogens is 537 g/mol. The molecule has 2 aromatic heterocycles. The molecule has 0 radical (unpaired) electrons. The highest BCUT2D eigenvalue weighted by atomic mass is 35.5. The molecule has 37 heavy (non-hydrogen) atoms. The van der Waals surface area contributed by atoms with Gasteiger partial charge in [0.2, 0.25) is 5.95 Å². The predicted molar refractivity (Wildman–Crippen MR) is 130 cm³/mol. The minimum atomic E-state index is -4.65. The number of carboxylic acid groups (broad SMARTS) is 2. The topological polar surface area (TPSA) is 125 Å². The van der Waals surface area contributed by atoms with Gasteiger partial charge in [0.05, 0.1) is 4.88 Å². The standard InChI is InChI=1S/C23H20ClF3N4O5S/c24-17-18(36-11-16(32)33)20(21(34)35)37-19(17)12-2-1-3-14(10-12)31(13-4-7-28-8-5-13)22-29-9-6-15(30-22)23(25,26)27/h1-3,6,9-10,13,28H,4-5,7-8,11H2,(H,32,33)(H,34,35). The molecule has 0 bridgehead atoms. The van der Waals surface area contributed by atoms with Crippen LogP contribution in [0, 0.1) is 0 Å². The molecule has 0 aliphatic carbocycles. The lowest BCUT2D eigenvalue weighted by Gasteiger charge is -2.35. The van der Waals surface area contributed by atoms with Crippen LogP contribution in [0.25, 0.3) is 10.4 Å². The van der Waals surface area contributed by atoms with Gasteiger partial charge in [-0.15, -0.1) is 11.3 Å². The first-order chi connectivity index (χ1) is 17.6. The minimum absolute atomic E-state index is 0.0791. The second-order valence-corrected chi connectivity index (χ2v) is 9.43. The maximum absolute atomic E-state index is 13.4. The first-order valence-electron chi connectivity index (χ1n) is 11.0. The van der Waals surface area contributed by atoms with Gasteiger partial charge in [-0.05, 0) is 49.7 Å². The van der Waals surface area contributed by atoms with Crippen molar-refractivity contribution in [3.63, 3.8) is 0 Å². The molecule has 1 saturated heterocycles. The van der Waals surface area contributed by atoms with E-state index in [9.17, 15) is 27.9 Å². The van der Waals surface area contributed by atoms with Gasteiger partial charge in [-0.25, -0.2) is 19.6 Å². The molecule has 196 valence electrons. The second kappa shape index (κ2) is 10.9. The van der Waals surface area contributed by atoms with Crippen LogP contribution in [-0.4, -0.2) is 57.9 Å². The fourth-order valence-electron chi connectivity index (χ4n) is 3.96. The van der Waals surface area contributed by atoms with Crippen molar-refractivity contribution in [2.24, 2.45) is 0 Å². The molecule has 14 heteroatoms. The van der Waals surface area contributed by atoms with Gasteiger partial charge in [0.15, 0.2) is 17.2 Å². The smallest absolute Gasteiger partial charge is 0.433 e. The second-order valence-electron chi connectivity index (χ2n) is 8.03. The van der Waals surface area contributed by atoms with Gasteiger partial charge in [0.1, 0.15) is 10.7 Å². The summed E-state index contributed by atoms with van der Waals surface area (Å²) >= 11 is 7.22. The highest BCUT2D eigenvalue weighted by molar-refractivity contribution is 7.18. The Morgan fingerprint density at radius 1 is 1.22 bits per heavy atom. The summed E-state index contributed by atoms with van der Waals surface area (Å²) in [4.78, 5) is 32.3. The highest BCUT2D eigenvalue weighted by Crippen LogP contribution is 2.46.